The minimum Gasteiger partial charge on any atom is -0.337 e. The van der Waals surface area contributed by atoms with Crippen LogP contribution in [0.25, 0.3) is 11.3 Å². The highest BCUT2D eigenvalue weighted by Gasteiger charge is 2.27. The molecule has 1 fully saturated rings. The fourth-order valence-electron chi connectivity index (χ4n) is 2.99. The van der Waals surface area contributed by atoms with E-state index >= 15 is 0 Å². The number of hydrogen-bond acceptors (Lipinski definition) is 3. The van der Waals surface area contributed by atoms with Crippen LogP contribution >= 0.6 is 0 Å². The van der Waals surface area contributed by atoms with E-state index in [0.717, 1.165) is 24.9 Å². The molecule has 5 nitrogen and oxygen atoms in total. The Labute approximate surface area is 134 Å². The average Bonchev–Trinajstić information content (AvgIpc) is 3.05. The van der Waals surface area contributed by atoms with Gasteiger partial charge in [0, 0.05) is 24.7 Å². The molecule has 0 bridgehead atoms. The third kappa shape index (κ3) is 3.42. The van der Waals surface area contributed by atoms with Crippen LogP contribution in [0, 0.1) is 11.7 Å². The summed E-state index contributed by atoms with van der Waals surface area (Å²) >= 11 is 0. The van der Waals surface area contributed by atoms with Crippen LogP contribution in [0.1, 0.15) is 30.3 Å². The first-order valence-corrected chi connectivity index (χ1v) is 7.91. The summed E-state index contributed by atoms with van der Waals surface area (Å²) in [6.07, 6.45) is 2.03. The molecule has 2 heterocycles. The lowest BCUT2D eigenvalue weighted by Gasteiger charge is -2.34. The highest BCUT2D eigenvalue weighted by atomic mass is 19.1. The molecule has 122 valence electrons. The lowest BCUT2D eigenvalue weighted by molar-refractivity contribution is 0.0655. The summed E-state index contributed by atoms with van der Waals surface area (Å²) in [6, 6.07) is 7.85. The summed E-state index contributed by atoms with van der Waals surface area (Å²) in [5.74, 6) is -0.0146. The van der Waals surface area contributed by atoms with E-state index in [1.165, 1.54) is 12.1 Å². The zero-order valence-corrected chi connectivity index (χ0v) is 13.1. The van der Waals surface area contributed by atoms with Crippen LogP contribution in [-0.4, -0.2) is 40.1 Å². The van der Waals surface area contributed by atoms with E-state index in [9.17, 15) is 9.18 Å². The summed E-state index contributed by atoms with van der Waals surface area (Å²) in [6.45, 7) is 3.41. The maximum atomic E-state index is 13.0. The standard InChI is InChI=1S/C17H21FN4O/c1-11(19)13-3-2-8-22(10-13)17(23)16-9-15(20-21-16)12-4-6-14(18)7-5-12/h4-7,9,11,13H,2-3,8,10,19H2,1H3,(H,20,21)/t11-,13+/m0/s1. The first-order chi connectivity index (χ1) is 11.0. The lowest BCUT2D eigenvalue weighted by Crippen LogP contribution is -2.45. The van der Waals surface area contributed by atoms with Gasteiger partial charge in [0.25, 0.3) is 5.91 Å². The van der Waals surface area contributed by atoms with E-state index in [2.05, 4.69) is 10.2 Å². The van der Waals surface area contributed by atoms with Gasteiger partial charge in [0.15, 0.2) is 0 Å². The number of nitrogens with two attached hydrogens (primary N) is 1. The molecule has 3 N–H and O–H groups in total. The molecule has 2 aromatic rings. The Hall–Kier alpha value is -2.21. The number of H-pyrrole nitrogens is 1. The van der Waals surface area contributed by atoms with Gasteiger partial charge in [0.05, 0.1) is 5.69 Å². The van der Waals surface area contributed by atoms with Gasteiger partial charge in [-0.05, 0) is 56.0 Å². The van der Waals surface area contributed by atoms with Gasteiger partial charge in [-0.1, -0.05) is 0 Å². The van der Waals surface area contributed by atoms with E-state index in [-0.39, 0.29) is 17.8 Å². The molecule has 1 aromatic heterocycles. The Bertz CT molecular complexity index is 680. The van der Waals surface area contributed by atoms with E-state index in [0.29, 0.717) is 23.9 Å². The van der Waals surface area contributed by atoms with Crippen molar-refractivity contribution in [3.63, 3.8) is 0 Å². The number of aromatic nitrogens is 2. The number of rotatable bonds is 3. The number of hydrogen-bond donors (Lipinski definition) is 2. The fraction of sp³-hybridized carbons (Fsp3) is 0.412. The van der Waals surface area contributed by atoms with Gasteiger partial charge >= 0.3 is 0 Å². The molecule has 23 heavy (non-hydrogen) atoms. The molecule has 0 radical (unpaired) electrons. The number of likely N-dealkylation sites (tertiary alicyclic amines) is 1. The molecule has 0 saturated carbocycles. The maximum absolute atomic E-state index is 13.0. The van der Waals surface area contributed by atoms with E-state index < -0.39 is 0 Å². The van der Waals surface area contributed by atoms with E-state index in [4.69, 9.17) is 5.73 Å². The van der Waals surface area contributed by atoms with Crippen molar-refractivity contribution in [3.8, 4) is 11.3 Å². The molecule has 0 aliphatic carbocycles. The van der Waals surface area contributed by atoms with Gasteiger partial charge in [-0.2, -0.15) is 5.10 Å². The fourth-order valence-corrected chi connectivity index (χ4v) is 2.99. The zero-order chi connectivity index (χ0) is 16.4. The Kier molecular flexibility index (Phi) is 4.43. The normalized spacial score (nSPS) is 19.6. The summed E-state index contributed by atoms with van der Waals surface area (Å²) in [5, 5.41) is 6.96. The van der Waals surface area contributed by atoms with Crippen molar-refractivity contribution in [1.29, 1.82) is 0 Å². The van der Waals surface area contributed by atoms with Gasteiger partial charge in [-0.15, -0.1) is 0 Å². The minimum absolute atomic E-state index is 0.0591. The number of halogens is 1. The molecular formula is C17H21FN4O. The molecule has 0 unspecified atom stereocenters. The number of carbonyl (C=O) groups excluding carboxylic acids is 1. The van der Waals surface area contributed by atoms with Crippen LogP contribution < -0.4 is 5.73 Å². The molecule has 3 rings (SSSR count). The molecule has 0 spiro atoms. The molecule has 1 aromatic carbocycles. The summed E-state index contributed by atoms with van der Waals surface area (Å²) < 4.78 is 13.0. The number of carbonyl (C=O) groups is 1. The van der Waals surface area contributed by atoms with Crippen molar-refractivity contribution in [2.24, 2.45) is 11.7 Å². The first-order valence-electron chi connectivity index (χ1n) is 7.91. The van der Waals surface area contributed by atoms with Crippen molar-refractivity contribution in [2.45, 2.75) is 25.8 Å². The molecule has 2 atom stereocenters. The SMILES string of the molecule is C[C@H](N)[C@@H]1CCCN(C(=O)c2cc(-c3ccc(F)cc3)n[nH]2)C1. The first kappa shape index (κ1) is 15.7. The Morgan fingerprint density at radius 2 is 2.17 bits per heavy atom. The van der Waals surface area contributed by atoms with Gasteiger partial charge in [0.2, 0.25) is 0 Å². The second-order valence-corrected chi connectivity index (χ2v) is 6.19. The number of amides is 1. The highest BCUT2D eigenvalue weighted by Crippen LogP contribution is 2.22. The van der Waals surface area contributed by atoms with Gasteiger partial charge in [-0.3, -0.25) is 9.89 Å². The van der Waals surface area contributed by atoms with Crippen LogP contribution in [0.4, 0.5) is 4.39 Å². The van der Waals surface area contributed by atoms with Crippen molar-refractivity contribution in [2.75, 3.05) is 13.1 Å². The molecule has 1 aliphatic rings. The molecular weight excluding hydrogens is 295 g/mol. The zero-order valence-electron chi connectivity index (χ0n) is 13.1. The molecule has 1 saturated heterocycles. The monoisotopic (exact) mass is 316 g/mol. The number of benzene rings is 1. The maximum Gasteiger partial charge on any atom is 0.271 e. The summed E-state index contributed by atoms with van der Waals surface area (Å²) in [7, 11) is 0. The van der Waals surface area contributed by atoms with Crippen molar-refractivity contribution in [1.82, 2.24) is 15.1 Å². The number of aromatic amines is 1. The van der Waals surface area contributed by atoms with Crippen molar-refractivity contribution >= 4 is 5.91 Å². The molecule has 6 heteroatoms. The topological polar surface area (TPSA) is 75.0 Å². The Morgan fingerprint density at radius 3 is 2.87 bits per heavy atom. The predicted octanol–water partition coefficient (Wildman–Crippen LogP) is 2.42. The number of nitrogens with one attached hydrogen (secondary N) is 1. The summed E-state index contributed by atoms with van der Waals surface area (Å²) in [5.41, 5.74) is 7.83. The third-order valence-electron chi connectivity index (χ3n) is 4.44. The Morgan fingerprint density at radius 1 is 1.43 bits per heavy atom. The predicted molar refractivity (Wildman–Crippen MR) is 86.3 cm³/mol. The van der Waals surface area contributed by atoms with Crippen LogP contribution in [0.3, 0.4) is 0 Å². The summed E-state index contributed by atoms with van der Waals surface area (Å²) in [4.78, 5) is 14.5. The molecule has 1 amide bonds. The second kappa shape index (κ2) is 6.50. The van der Waals surface area contributed by atoms with Gasteiger partial charge in [-0.25, -0.2) is 4.39 Å². The quantitative estimate of drug-likeness (QED) is 0.913. The third-order valence-corrected chi connectivity index (χ3v) is 4.44. The van der Waals surface area contributed by atoms with Crippen LogP contribution in [0.15, 0.2) is 30.3 Å². The van der Waals surface area contributed by atoms with Gasteiger partial charge in [0.1, 0.15) is 11.5 Å². The lowest BCUT2D eigenvalue weighted by atomic mass is 9.92. The largest absolute Gasteiger partial charge is 0.337 e. The number of piperidine rings is 1. The van der Waals surface area contributed by atoms with Crippen LogP contribution in [0.5, 0.6) is 0 Å². The van der Waals surface area contributed by atoms with Crippen molar-refractivity contribution in [3.05, 3.63) is 41.8 Å². The Balaban J connectivity index is 1.74. The second-order valence-electron chi connectivity index (χ2n) is 6.19. The van der Waals surface area contributed by atoms with Gasteiger partial charge < -0.3 is 10.6 Å². The molecule has 1 aliphatic heterocycles. The van der Waals surface area contributed by atoms with Crippen LogP contribution in [0.2, 0.25) is 0 Å². The van der Waals surface area contributed by atoms with E-state index in [1.54, 1.807) is 18.2 Å². The van der Waals surface area contributed by atoms with Crippen molar-refractivity contribution < 1.29 is 9.18 Å². The average molecular weight is 316 g/mol. The van der Waals surface area contributed by atoms with E-state index in [1.807, 2.05) is 11.8 Å². The minimum atomic E-state index is -0.296. The smallest absolute Gasteiger partial charge is 0.271 e. The highest BCUT2D eigenvalue weighted by molar-refractivity contribution is 5.93. The number of nitrogens with zero attached hydrogens (tertiary/aromatic N) is 2. The van der Waals surface area contributed by atoms with Crippen LogP contribution in [-0.2, 0) is 0 Å².